The summed E-state index contributed by atoms with van der Waals surface area (Å²) in [6.45, 7) is 2.28. The van der Waals surface area contributed by atoms with Gasteiger partial charge in [-0.2, -0.15) is 8.75 Å². The SMILES string of the molecule is COc1ccc(C/C(C(=O)c2ccc(OCc3ccccc3)cc2)=C(\C(=O)[O-])c2ccc3nsnc3c2)cc1C.[Na+]. The molecule has 7 nitrogen and oxygen atoms in total. The molecule has 0 radical (unpaired) electrons. The van der Waals surface area contributed by atoms with Crippen molar-refractivity contribution in [3.05, 3.63) is 124 Å². The zero-order chi connectivity index (χ0) is 28.1. The summed E-state index contributed by atoms with van der Waals surface area (Å²) in [5.41, 5.74) is 4.44. The van der Waals surface area contributed by atoms with Crippen LogP contribution in [-0.2, 0) is 17.8 Å². The van der Waals surface area contributed by atoms with E-state index >= 15 is 0 Å². The molecule has 0 amide bonds. The molecule has 200 valence electrons. The zero-order valence-electron chi connectivity index (χ0n) is 22.9. The van der Waals surface area contributed by atoms with Crippen LogP contribution in [0.4, 0.5) is 0 Å². The summed E-state index contributed by atoms with van der Waals surface area (Å²) in [7, 11) is 1.59. The molecule has 1 aromatic heterocycles. The number of carboxylic acids is 1. The van der Waals surface area contributed by atoms with Crippen molar-refractivity contribution in [1.82, 2.24) is 8.75 Å². The molecule has 0 spiro atoms. The molecule has 0 unspecified atom stereocenters. The van der Waals surface area contributed by atoms with Gasteiger partial charge < -0.3 is 19.4 Å². The average Bonchev–Trinajstić information content (AvgIpc) is 3.44. The first-order valence-electron chi connectivity index (χ1n) is 12.5. The van der Waals surface area contributed by atoms with Crippen LogP contribution < -0.4 is 44.1 Å². The van der Waals surface area contributed by atoms with E-state index in [-0.39, 0.29) is 47.1 Å². The number of aromatic nitrogens is 2. The molecule has 0 aliphatic carbocycles. The number of carbonyl (C=O) groups is 2. The van der Waals surface area contributed by atoms with Gasteiger partial charge in [0.25, 0.3) is 0 Å². The number of hydrogen-bond donors (Lipinski definition) is 0. The Bertz CT molecular complexity index is 1720. The Morgan fingerprint density at radius 2 is 1.54 bits per heavy atom. The van der Waals surface area contributed by atoms with E-state index in [9.17, 15) is 14.7 Å². The number of aliphatic carboxylic acids is 1. The Hall–Kier alpha value is -3.82. The maximum Gasteiger partial charge on any atom is 1.00 e. The number of Topliss-reactive ketones (excluding diaryl/α,β-unsaturated/α-hetero) is 1. The summed E-state index contributed by atoms with van der Waals surface area (Å²) in [6, 6.07) is 26.9. The normalized spacial score (nSPS) is 11.4. The van der Waals surface area contributed by atoms with Gasteiger partial charge in [-0.3, -0.25) is 4.79 Å². The fourth-order valence-electron chi connectivity index (χ4n) is 4.51. The number of aryl methyl sites for hydroxylation is 1. The number of ketones is 1. The van der Waals surface area contributed by atoms with Crippen LogP contribution in [0.1, 0.15) is 32.6 Å². The van der Waals surface area contributed by atoms with Crippen LogP contribution in [-0.4, -0.2) is 27.6 Å². The van der Waals surface area contributed by atoms with Gasteiger partial charge in [0.1, 0.15) is 29.1 Å². The van der Waals surface area contributed by atoms with Crippen molar-refractivity contribution in [3.63, 3.8) is 0 Å². The molecule has 0 aliphatic heterocycles. The number of hydrogen-bond acceptors (Lipinski definition) is 8. The van der Waals surface area contributed by atoms with Gasteiger partial charge in [0.15, 0.2) is 5.78 Å². The molecule has 5 rings (SSSR count). The van der Waals surface area contributed by atoms with E-state index in [2.05, 4.69) is 8.75 Å². The summed E-state index contributed by atoms with van der Waals surface area (Å²) in [5, 5.41) is 12.6. The first-order chi connectivity index (χ1) is 19.4. The zero-order valence-corrected chi connectivity index (χ0v) is 25.7. The fourth-order valence-corrected chi connectivity index (χ4v) is 5.02. The summed E-state index contributed by atoms with van der Waals surface area (Å²) in [5.74, 6) is -0.565. The maximum atomic E-state index is 13.9. The van der Waals surface area contributed by atoms with E-state index < -0.39 is 11.8 Å². The molecule has 0 aliphatic rings. The molecule has 0 bridgehead atoms. The second kappa shape index (κ2) is 13.7. The Morgan fingerprint density at radius 3 is 2.22 bits per heavy atom. The third kappa shape index (κ3) is 7.10. The van der Waals surface area contributed by atoms with Gasteiger partial charge in [0, 0.05) is 23.1 Å². The van der Waals surface area contributed by atoms with Crippen molar-refractivity contribution in [2.45, 2.75) is 20.0 Å². The molecule has 0 saturated heterocycles. The van der Waals surface area contributed by atoms with E-state index in [4.69, 9.17) is 9.47 Å². The number of fused-ring (bicyclic) bond motifs is 1. The van der Waals surface area contributed by atoms with E-state index in [0.29, 0.717) is 40.3 Å². The van der Waals surface area contributed by atoms with Gasteiger partial charge in [-0.05, 0) is 71.6 Å². The number of allylic oxidation sites excluding steroid dienone is 1. The second-order valence-electron chi connectivity index (χ2n) is 9.22. The topological polar surface area (TPSA) is 101 Å². The molecule has 0 saturated carbocycles. The summed E-state index contributed by atoms with van der Waals surface area (Å²) in [6.07, 6.45) is 0.0760. The minimum atomic E-state index is -1.45. The quantitative estimate of drug-likeness (QED) is 0.144. The van der Waals surface area contributed by atoms with Crippen LogP contribution in [0.15, 0.2) is 96.6 Å². The van der Waals surface area contributed by atoms with Crippen LogP contribution in [0.2, 0.25) is 0 Å². The number of carboxylic acid groups (broad SMARTS) is 1. The Labute approximate surface area is 264 Å². The van der Waals surface area contributed by atoms with Crippen molar-refractivity contribution in [3.8, 4) is 11.5 Å². The average molecular weight is 573 g/mol. The Kier molecular flexibility index (Phi) is 10.1. The standard InChI is InChI=1S/C32H26N2O5S.Na/c1-20-16-22(8-15-29(20)38-2)17-26(30(32(36)37)24-11-14-27-28(18-24)34-40-33-27)31(35)23-9-12-25(13-10-23)39-19-21-6-4-3-5-7-21;/h3-16,18H,17,19H2,1-2H3,(H,36,37);/q;+1/p-1/b30-26+;. The molecule has 41 heavy (non-hydrogen) atoms. The number of benzene rings is 4. The smallest absolute Gasteiger partial charge is 0.545 e. The van der Waals surface area contributed by atoms with E-state index in [1.807, 2.05) is 49.4 Å². The number of methoxy groups -OCH3 is 1. The van der Waals surface area contributed by atoms with E-state index in [0.717, 1.165) is 28.4 Å². The number of rotatable bonds is 10. The largest absolute Gasteiger partial charge is 1.00 e. The van der Waals surface area contributed by atoms with Crippen molar-refractivity contribution in [2.75, 3.05) is 7.11 Å². The van der Waals surface area contributed by atoms with E-state index in [1.54, 1.807) is 55.6 Å². The van der Waals surface area contributed by atoms with Crippen LogP contribution in [0.3, 0.4) is 0 Å². The van der Waals surface area contributed by atoms with Crippen molar-refractivity contribution < 1.29 is 53.7 Å². The van der Waals surface area contributed by atoms with Crippen LogP contribution in [0.25, 0.3) is 16.6 Å². The van der Waals surface area contributed by atoms with Gasteiger partial charge in [0.2, 0.25) is 0 Å². The maximum absolute atomic E-state index is 13.9. The monoisotopic (exact) mass is 572 g/mol. The van der Waals surface area contributed by atoms with E-state index in [1.165, 1.54) is 0 Å². The predicted molar refractivity (Wildman–Crippen MR) is 152 cm³/mol. The van der Waals surface area contributed by atoms with Gasteiger partial charge in [-0.25, -0.2) is 0 Å². The van der Waals surface area contributed by atoms with Crippen molar-refractivity contribution >= 4 is 40.1 Å². The first kappa shape index (κ1) is 30.1. The van der Waals surface area contributed by atoms with Gasteiger partial charge in [0.05, 0.1) is 24.8 Å². The number of nitrogens with zero attached hydrogens (tertiary/aromatic N) is 2. The molecular formula is C32H25N2NaO5S. The molecule has 0 fully saturated rings. The van der Waals surface area contributed by atoms with Gasteiger partial charge in [-0.1, -0.05) is 48.5 Å². The first-order valence-corrected chi connectivity index (χ1v) is 13.3. The molecule has 0 N–H and O–H groups in total. The molecule has 9 heteroatoms. The number of ether oxygens (including phenoxy) is 2. The minimum absolute atomic E-state index is 0. The molecular weight excluding hydrogens is 547 g/mol. The third-order valence-corrected chi connectivity index (χ3v) is 7.08. The summed E-state index contributed by atoms with van der Waals surface area (Å²) in [4.78, 5) is 26.5. The van der Waals surface area contributed by atoms with Crippen molar-refractivity contribution in [1.29, 1.82) is 0 Å². The van der Waals surface area contributed by atoms with Crippen LogP contribution in [0, 0.1) is 6.92 Å². The third-order valence-electron chi connectivity index (χ3n) is 6.53. The molecule has 4 aromatic carbocycles. The molecule has 0 atom stereocenters. The fraction of sp³-hybridized carbons (Fsp3) is 0.125. The summed E-state index contributed by atoms with van der Waals surface area (Å²) >= 11 is 1.03. The predicted octanol–water partition coefficient (Wildman–Crippen LogP) is 2.22. The Morgan fingerprint density at radius 1 is 0.829 bits per heavy atom. The van der Waals surface area contributed by atoms with Crippen molar-refractivity contribution in [2.24, 2.45) is 0 Å². The molecule has 1 heterocycles. The van der Waals surface area contributed by atoms with Crippen LogP contribution >= 0.6 is 11.7 Å². The Balaban J connectivity index is 0.00000387. The van der Waals surface area contributed by atoms with Gasteiger partial charge in [-0.15, -0.1) is 0 Å². The van der Waals surface area contributed by atoms with Gasteiger partial charge >= 0.3 is 29.6 Å². The second-order valence-corrected chi connectivity index (χ2v) is 9.75. The molecule has 5 aromatic rings. The van der Waals surface area contributed by atoms with Crippen LogP contribution in [0.5, 0.6) is 11.5 Å². The number of carbonyl (C=O) groups excluding carboxylic acids is 2. The summed E-state index contributed by atoms with van der Waals surface area (Å²) < 4.78 is 19.6. The minimum Gasteiger partial charge on any atom is -0.545 e.